The van der Waals surface area contributed by atoms with Gasteiger partial charge in [0.05, 0.1) is 37.2 Å². The highest BCUT2D eigenvalue weighted by molar-refractivity contribution is 7.91. The number of sulfone groups is 1. The van der Waals surface area contributed by atoms with E-state index in [0.29, 0.717) is 46.2 Å². The van der Waals surface area contributed by atoms with Crippen LogP contribution in [-0.4, -0.2) is 59.6 Å². The maximum absolute atomic E-state index is 14.7. The number of carbonyl (C=O) groups is 4. The Hall–Kier alpha value is -6.21. The number of para-hydroxylation sites is 2. The fourth-order valence-corrected chi connectivity index (χ4v) is 7.66. The van der Waals surface area contributed by atoms with Crippen LogP contribution in [0.15, 0.2) is 94.8 Å². The first kappa shape index (κ1) is 43.5. The zero-order valence-corrected chi connectivity index (χ0v) is 34.3. The standard InChI is InChI=1S/C44H48N2O10S/c1-25(2)43(49)55-19-17-31-21-29(7)33(23-27(31)5)41(47)45-39-35(53-9)13-11-15-37(39)57(51,52)38-16-12-14-36(54-10)40(38)46-42(48)34-24-28(6)32(22-30(34)8)18-20-56-44(50)26(3)4/h11-16,21-24H,1,3,17-20H2,2,4-10H3,(H,45,47)(H,46,48). The van der Waals surface area contributed by atoms with Gasteiger partial charge < -0.3 is 29.6 Å². The molecule has 4 rings (SSSR count). The number of rotatable bonds is 16. The molecule has 0 radical (unpaired) electrons. The molecule has 0 fully saturated rings. The minimum atomic E-state index is -4.50. The quantitative estimate of drug-likeness (QED) is 0.0853. The molecule has 300 valence electrons. The normalized spacial score (nSPS) is 10.9. The van der Waals surface area contributed by atoms with Crippen LogP contribution in [0.1, 0.15) is 67.9 Å². The van der Waals surface area contributed by atoms with Gasteiger partial charge in [0.1, 0.15) is 22.9 Å². The smallest absolute Gasteiger partial charge is 0.333 e. The lowest BCUT2D eigenvalue weighted by atomic mass is 9.97. The number of ether oxygens (including phenoxy) is 4. The third-order valence-corrected chi connectivity index (χ3v) is 11.1. The Morgan fingerprint density at radius 1 is 0.596 bits per heavy atom. The van der Waals surface area contributed by atoms with Gasteiger partial charge in [0, 0.05) is 35.1 Å². The van der Waals surface area contributed by atoms with Crippen LogP contribution in [0.4, 0.5) is 11.4 Å². The third-order valence-electron chi connectivity index (χ3n) is 9.23. The second-order valence-corrected chi connectivity index (χ2v) is 15.5. The number of carbonyl (C=O) groups excluding carboxylic acids is 4. The second-order valence-electron chi connectivity index (χ2n) is 13.6. The number of hydrogen-bond acceptors (Lipinski definition) is 10. The Balaban J connectivity index is 1.67. The lowest BCUT2D eigenvalue weighted by Gasteiger charge is -2.20. The van der Waals surface area contributed by atoms with E-state index in [0.717, 1.165) is 22.3 Å². The van der Waals surface area contributed by atoms with Gasteiger partial charge in [-0.15, -0.1) is 0 Å². The first-order valence-electron chi connectivity index (χ1n) is 18.0. The van der Waals surface area contributed by atoms with E-state index in [2.05, 4.69) is 23.8 Å². The summed E-state index contributed by atoms with van der Waals surface area (Å²) in [5.41, 5.74) is 5.48. The molecule has 0 unspecified atom stereocenters. The Morgan fingerprint density at radius 3 is 1.30 bits per heavy atom. The molecule has 0 spiro atoms. The first-order valence-corrected chi connectivity index (χ1v) is 19.5. The van der Waals surface area contributed by atoms with Crippen LogP contribution in [0.3, 0.4) is 0 Å². The SMILES string of the molecule is C=C(C)C(=O)OCCc1cc(C)c(C(=O)Nc2c(OC)cccc2S(=O)(=O)c2cccc(OC)c2NC(=O)c2cc(C)c(CCOC(=O)C(=C)C)cc2C)cc1C. The van der Waals surface area contributed by atoms with Gasteiger partial charge in [-0.05, 0) is 111 Å². The average Bonchev–Trinajstić information content (AvgIpc) is 3.16. The van der Waals surface area contributed by atoms with Crippen molar-refractivity contribution in [3.63, 3.8) is 0 Å². The summed E-state index contributed by atoms with van der Waals surface area (Å²) < 4.78 is 50.9. The van der Waals surface area contributed by atoms with Gasteiger partial charge in [-0.25, -0.2) is 18.0 Å². The van der Waals surface area contributed by atoms with Crippen LogP contribution in [0.2, 0.25) is 0 Å². The van der Waals surface area contributed by atoms with Crippen LogP contribution in [-0.2, 0) is 41.7 Å². The van der Waals surface area contributed by atoms with E-state index in [-0.39, 0.29) is 45.9 Å². The molecule has 0 aliphatic heterocycles. The summed E-state index contributed by atoms with van der Waals surface area (Å²) in [6.07, 6.45) is 0.836. The van der Waals surface area contributed by atoms with Gasteiger partial charge in [0.25, 0.3) is 11.8 Å². The van der Waals surface area contributed by atoms with Crippen molar-refractivity contribution in [2.75, 3.05) is 38.1 Å². The highest BCUT2D eigenvalue weighted by Gasteiger charge is 2.30. The molecular weight excluding hydrogens is 749 g/mol. The highest BCUT2D eigenvalue weighted by Crippen LogP contribution is 2.41. The van der Waals surface area contributed by atoms with Gasteiger partial charge in [0.2, 0.25) is 9.84 Å². The Labute approximate surface area is 333 Å². The number of benzene rings is 4. The zero-order chi connectivity index (χ0) is 42.2. The largest absolute Gasteiger partial charge is 0.495 e. The van der Waals surface area contributed by atoms with E-state index in [1.807, 2.05) is 26.0 Å². The van der Waals surface area contributed by atoms with Crippen LogP contribution in [0.5, 0.6) is 11.5 Å². The molecule has 4 aromatic rings. The van der Waals surface area contributed by atoms with E-state index >= 15 is 0 Å². The number of nitrogens with one attached hydrogen (secondary N) is 2. The summed E-state index contributed by atoms with van der Waals surface area (Å²) in [5, 5.41) is 5.53. The van der Waals surface area contributed by atoms with Crippen molar-refractivity contribution >= 4 is 45.0 Å². The number of hydrogen-bond donors (Lipinski definition) is 2. The topological polar surface area (TPSA) is 163 Å². The molecule has 0 saturated heterocycles. The van der Waals surface area contributed by atoms with Crippen molar-refractivity contribution in [1.29, 1.82) is 0 Å². The van der Waals surface area contributed by atoms with Crippen LogP contribution in [0.25, 0.3) is 0 Å². The third kappa shape index (κ3) is 10.2. The van der Waals surface area contributed by atoms with Crippen molar-refractivity contribution < 1.29 is 46.5 Å². The van der Waals surface area contributed by atoms with Crippen molar-refractivity contribution in [3.05, 3.63) is 129 Å². The van der Waals surface area contributed by atoms with E-state index in [1.165, 1.54) is 50.6 Å². The molecule has 0 atom stereocenters. The Bertz CT molecular complexity index is 2220. The van der Waals surface area contributed by atoms with E-state index in [9.17, 15) is 27.6 Å². The summed E-state index contributed by atoms with van der Waals surface area (Å²) in [6.45, 7) is 17.7. The summed E-state index contributed by atoms with van der Waals surface area (Å²) in [6, 6.07) is 15.7. The number of aryl methyl sites for hydroxylation is 4. The highest BCUT2D eigenvalue weighted by atomic mass is 32.2. The van der Waals surface area contributed by atoms with Crippen LogP contribution >= 0.6 is 0 Å². The minimum absolute atomic E-state index is 0.0869. The van der Waals surface area contributed by atoms with Gasteiger partial charge in [-0.3, -0.25) is 9.59 Å². The fourth-order valence-electron chi connectivity index (χ4n) is 6.07. The van der Waals surface area contributed by atoms with Gasteiger partial charge in [0.15, 0.2) is 0 Å². The average molecular weight is 797 g/mol. The minimum Gasteiger partial charge on any atom is -0.495 e. The number of anilines is 2. The molecule has 0 aliphatic carbocycles. The predicted octanol–water partition coefficient (Wildman–Crippen LogP) is 7.60. The van der Waals surface area contributed by atoms with Crippen molar-refractivity contribution in [3.8, 4) is 11.5 Å². The molecule has 13 heteroatoms. The summed E-state index contributed by atoms with van der Waals surface area (Å²) in [4.78, 5) is 50.8. The number of amides is 2. The first-order chi connectivity index (χ1) is 26.9. The molecular formula is C44H48N2O10S. The summed E-state index contributed by atoms with van der Waals surface area (Å²) >= 11 is 0. The molecule has 57 heavy (non-hydrogen) atoms. The predicted molar refractivity (Wildman–Crippen MR) is 218 cm³/mol. The fraction of sp³-hybridized carbons (Fsp3) is 0.273. The molecule has 0 bridgehead atoms. The molecule has 0 heterocycles. The van der Waals surface area contributed by atoms with E-state index in [1.54, 1.807) is 39.8 Å². The van der Waals surface area contributed by atoms with Crippen molar-refractivity contribution in [2.45, 2.75) is 64.2 Å². The van der Waals surface area contributed by atoms with E-state index < -0.39 is 33.6 Å². The van der Waals surface area contributed by atoms with Gasteiger partial charge >= 0.3 is 11.9 Å². The molecule has 2 N–H and O–H groups in total. The number of methoxy groups -OCH3 is 2. The van der Waals surface area contributed by atoms with Gasteiger partial charge in [-0.2, -0.15) is 0 Å². The molecule has 2 amide bonds. The summed E-state index contributed by atoms with van der Waals surface area (Å²) in [5.74, 6) is -1.97. The molecule has 12 nitrogen and oxygen atoms in total. The van der Waals surface area contributed by atoms with Crippen LogP contribution in [0, 0.1) is 27.7 Å². The van der Waals surface area contributed by atoms with Gasteiger partial charge in [-0.1, -0.05) is 37.4 Å². The van der Waals surface area contributed by atoms with Crippen LogP contribution < -0.4 is 20.1 Å². The van der Waals surface area contributed by atoms with Crippen molar-refractivity contribution in [2.24, 2.45) is 0 Å². The summed E-state index contributed by atoms with van der Waals surface area (Å²) in [7, 11) is -1.79. The monoisotopic (exact) mass is 796 g/mol. The van der Waals surface area contributed by atoms with E-state index in [4.69, 9.17) is 18.9 Å². The molecule has 0 aromatic heterocycles. The maximum Gasteiger partial charge on any atom is 0.333 e. The lowest BCUT2D eigenvalue weighted by molar-refractivity contribution is -0.139. The van der Waals surface area contributed by atoms with Crippen molar-refractivity contribution in [1.82, 2.24) is 0 Å². The zero-order valence-electron chi connectivity index (χ0n) is 33.5. The molecule has 0 saturated carbocycles. The second kappa shape index (κ2) is 18.6. The Morgan fingerprint density at radius 2 is 0.965 bits per heavy atom. The lowest BCUT2D eigenvalue weighted by Crippen LogP contribution is -2.19. The Kier molecular flexibility index (Phi) is 14.2. The maximum atomic E-state index is 14.7. The molecule has 0 aliphatic rings. The number of esters is 2. The molecule has 4 aromatic carbocycles.